The zero-order valence-corrected chi connectivity index (χ0v) is 16.5. The van der Waals surface area contributed by atoms with E-state index in [-0.39, 0.29) is 5.75 Å². The van der Waals surface area contributed by atoms with Crippen LogP contribution in [0.25, 0.3) is 0 Å². The van der Waals surface area contributed by atoms with Gasteiger partial charge in [-0.25, -0.2) is 9.78 Å². The third-order valence-corrected chi connectivity index (χ3v) is 6.16. The Balaban J connectivity index is 1.44. The summed E-state index contributed by atoms with van der Waals surface area (Å²) in [5.41, 5.74) is 1.38. The van der Waals surface area contributed by atoms with Crippen molar-refractivity contribution in [3.8, 4) is 0 Å². The number of aromatic nitrogens is 3. The predicted molar refractivity (Wildman–Crippen MR) is 99.6 cm³/mol. The predicted octanol–water partition coefficient (Wildman–Crippen LogP) is 1.77. The average molecular weight is 395 g/mol. The first-order valence-corrected chi connectivity index (χ1v) is 10.4. The van der Waals surface area contributed by atoms with E-state index < -0.39 is 23.4 Å². The lowest BCUT2D eigenvalue weighted by Gasteiger charge is -2.19. The number of imide groups is 1. The van der Waals surface area contributed by atoms with Crippen LogP contribution in [0.1, 0.15) is 58.2 Å². The van der Waals surface area contributed by atoms with Crippen LogP contribution < -0.4 is 10.7 Å². The number of rotatable bonds is 8. The monoisotopic (exact) mass is 394 g/mol. The molecule has 1 unspecified atom stereocenters. The Hall–Kier alpha value is -2.10. The van der Waals surface area contributed by atoms with Crippen molar-refractivity contribution in [2.75, 3.05) is 5.75 Å². The van der Waals surface area contributed by atoms with Gasteiger partial charge < -0.3 is 5.32 Å². The number of H-pyrrole nitrogens is 1. The summed E-state index contributed by atoms with van der Waals surface area (Å²) < 4.78 is 0. The summed E-state index contributed by atoms with van der Waals surface area (Å²) in [6.07, 6.45) is 7.67. The van der Waals surface area contributed by atoms with Crippen molar-refractivity contribution in [2.24, 2.45) is 5.92 Å². The molecule has 1 aromatic rings. The van der Waals surface area contributed by atoms with Gasteiger partial charge in [0, 0.05) is 6.42 Å². The lowest BCUT2D eigenvalue weighted by molar-refractivity contribution is -0.137. The number of nitrogens with one attached hydrogen (secondary N) is 3. The van der Waals surface area contributed by atoms with Gasteiger partial charge in [0.05, 0.1) is 5.75 Å². The van der Waals surface area contributed by atoms with Gasteiger partial charge in [0.2, 0.25) is 11.1 Å². The van der Waals surface area contributed by atoms with E-state index in [9.17, 15) is 14.4 Å². The Morgan fingerprint density at radius 3 is 2.78 bits per heavy atom. The van der Waals surface area contributed by atoms with Crippen molar-refractivity contribution in [1.29, 1.82) is 0 Å². The molecule has 9 nitrogen and oxygen atoms in total. The Labute approximate surface area is 162 Å². The minimum absolute atomic E-state index is 0.0137. The van der Waals surface area contributed by atoms with Crippen LogP contribution in [0, 0.1) is 5.92 Å². The fourth-order valence-electron chi connectivity index (χ4n) is 3.41. The third kappa shape index (κ3) is 4.60. The maximum atomic E-state index is 12.3. The molecule has 1 aliphatic heterocycles. The van der Waals surface area contributed by atoms with Gasteiger partial charge in [0.1, 0.15) is 11.4 Å². The van der Waals surface area contributed by atoms with E-state index in [4.69, 9.17) is 0 Å². The molecule has 2 aliphatic rings. The van der Waals surface area contributed by atoms with Crippen molar-refractivity contribution < 1.29 is 14.4 Å². The van der Waals surface area contributed by atoms with Crippen LogP contribution in [0.15, 0.2) is 5.16 Å². The highest BCUT2D eigenvalue weighted by Crippen LogP contribution is 2.28. The second kappa shape index (κ2) is 8.28. The van der Waals surface area contributed by atoms with Crippen molar-refractivity contribution in [1.82, 2.24) is 30.9 Å². The molecule has 1 aromatic heterocycles. The number of aromatic amines is 1. The van der Waals surface area contributed by atoms with Crippen molar-refractivity contribution in [3.63, 3.8) is 0 Å². The topological polar surface area (TPSA) is 120 Å². The first-order valence-electron chi connectivity index (χ1n) is 9.41. The van der Waals surface area contributed by atoms with Crippen LogP contribution in [-0.4, -0.2) is 49.3 Å². The van der Waals surface area contributed by atoms with E-state index in [1.54, 1.807) is 13.8 Å². The van der Waals surface area contributed by atoms with Gasteiger partial charge in [0.25, 0.3) is 5.91 Å². The number of amides is 4. The fourth-order valence-corrected chi connectivity index (χ4v) is 4.02. The number of thioether (sulfide) groups is 1. The molecule has 1 saturated heterocycles. The van der Waals surface area contributed by atoms with Gasteiger partial charge in [-0.1, -0.05) is 44.4 Å². The number of hydrogen-bond acceptors (Lipinski definition) is 6. The molecule has 0 spiro atoms. The summed E-state index contributed by atoms with van der Waals surface area (Å²) in [6, 6.07) is -0.616. The summed E-state index contributed by atoms with van der Waals surface area (Å²) in [4.78, 5) is 40.6. The number of nitrogens with zero attached hydrogens (tertiary/aromatic N) is 3. The number of aryl methyl sites for hydroxylation is 1. The number of urea groups is 1. The molecule has 2 fully saturated rings. The lowest BCUT2D eigenvalue weighted by Crippen LogP contribution is -2.49. The van der Waals surface area contributed by atoms with Gasteiger partial charge in [-0.3, -0.25) is 20.1 Å². The molecule has 27 heavy (non-hydrogen) atoms. The van der Waals surface area contributed by atoms with E-state index in [1.807, 2.05) is 0 Å². The number of carbonyl (C=O) groups is 3. The number of hydrazine groups is 1. The van der Waals surface area contributed by atoms with Crippen molar-refractivity contribution >= 4 is 29.6 Å². The SMILES string of the molecule is CCC1(C)NC(=O)N(NC(=O)CSc2n[nH]c(CCC3CCCC3)n2)C1=O. The molecule has 3 N–H and O–H groups in total. The second-order valence-electron chi connectivity index (χ2n) is 7.33. The highest BCUT2D eigenvalue weighted by Gasteiger charge is 2.47. The van der Waals surface area contributed by atoms with Gasteiger partial charge in [0.15, 0.2) is 0 Å². The van der Waals surface area contributed by atoms with Gasteiger partial charge in [-0.05, 0) is 25.7 Å². The zero-order chi connectivity index (χ0) is 19.4. The Morgan fingerprint density at radius 1 is 1.37 bits per heavy atom. The van der Waals surface area contributed by atoms with E-state index in [0.29, 0.717) is 11.6 Å². The molecule has 3 rings (SSSR count). The molecule has 1 atom stereocenters. The standard InChI is InChI=1S/C17H26N6O3S/c1-3-17(2)14(25)23(16(26)19-17)22-13(24)10-27-15-18-12(20-21-15)9-8-11-6-4-5-7-11/h11H,3-10H2,1-2H3,(H,19,26)(H,22,24)(H,18,20,21). The zero-order valence-electron chi connectivity index (χ0n) is 15.7. The number of carbonyl (C=O) groups excluding carboxylic acids is 3. The van der Waals surface area contributed by atoms with E-state index in [1.165, 1.54) is 25.7 Å². The van der Waals surface area contributed by atoms with Gasteiger partial charge >= 0.3 is 6.03 Å². The van der Waals surface area contributed by atoms with Crippen LogP contribution in [0.4, 0.5) is 4.79 Å². The maximum Gasteiger partial charge on any atom is 0.344 e. The minimum Gasteiger partial charge on any atom is -0.322 e. The first-order chi connectivity index (χ1) is 12.9. The van der Waals surface area contributed by atoms with Crippen LogP contribution in [0.5, 0.6) is 0 Å². The quantitative estimate of drug-likeness (QED) is 0.456. The number of hydrogen-bond donors (Lipinski definition) is 3. The largest absolute Gasteiger partial charge is 0.344 e. The molecule has 148 valence electrons. The highest BCUT2D eigenvalue weighted by molar-refractivity contribution is 7.99. The Kier molecular flexibility index (Phi) is 6.03. The molecular weight excluding hydrogens is 368 g/mol. The fraction of sp³-hybridized carbons (Fsp3) is 0.706. The maximum absolute atomic E-state index is 12.3. The molecule has 0 radical (unpaired) electrons. The van der Waals surface area contributed by atoms with Crippen LogP contribution in [-0.2, 0) is 16.0 Å². The van der Waals surface area contributed by atoms with E-state index in [0.717, 1.165) is 41.4 Å². The Bertz CT molecular complexity index is 717. The normalized spacial score (nSPS) is 23.1. The minimum atomic E-state index is -0.977. The van der Waals surface area contributed by atoms with Crippen LogP contribution in [0.2, 0.25) is 0 Å². The molecule has 10 heteroatoms. The molecule has 0 bridgehead atoms. The molecule has 1 saturated carbocycles. The molecule has 1 aliphatic carbocycles. The second-order valence-corrected chi connectivity index (χ2v) is 8.28. The summed E-state index contributed by atoms with van der Waals surface area (Å²) in [6.45, 7) is 3.43. The van der Waals surface area contributed by atoms with Gasteiger partial charge in [-0.15, -0.1) is 5.10 Å². The van der Waals surface area contributed by atoms with Crippen molar-refractivity contribution in [3.05, 3.63) is 5.82 Å². The first kappa shape index (κ1) is 19.7. The smallest absolute Gasteiger partial charge is 0.322 e. The lowest BCUT2D eigenvalue weighted by atomic mass is 10.00. The Morgan fingerprint density at radius 2 is 2.11 bits per heavy atom. The summed E-state index contributed by atoms with van der Waals surface area (Å²) in [5, 5.41) is 10.9. The van der Waals surface area contributed by atoms with Crippen LogP contribution >= 0.6 is 11.8 Å². The summed E-state index contributed by atoms with van der Waals surface area (Å²) in [5.74, 6) is 0.717. The summed E-state index contributed by atoms with van der Waals surface area (Å²) >= 11 is 1.16. The van der Waals surface area contributed by atoms with E-state index in [2.05, 4.69) is 25.9 Å². The third-order valence-electron chi connectivity index (χ3n) is 5.31. The average Bonchev–Trinajstić information content (AvgIpc) is 3.36. The molecule has 2 heterocycles. The molecular formula is C17H26N6O3S. The van der Waals surface area contributed by atoms with Crippen molar-refractivity contribution in [2.45, 2.75) is 69.5 Å². The molecule has 0 aromatic carbocycles. The van der Waals surface area contributed by atoms with Crippen LogP contribution in [0.3, 0.4) is 0 Å². The van der Waals surface area contributed by atoms with E-state index >= 15 is 0 Å². The summed E-state index contributed by atoms with van der Waals surface area (Å²) in [7, 11) is 0. The van der Waals surface area contributed by atoms with Gasteiger partial charge in [-0.2, -0.15) is 5.01 Å². The highest BCUT2D eigenvalue weighted by atomic mass is 32.2. The molecule has 4 amide bonds.